The number of aromatic amines is 1. The summed E-state index contributed by atoms with van der Waals surface area (Å²) in [5.41, 5.74) is 8.82. The van der Waals surface area contributed by atoms with Gasteiger partial charge in [0.25, 0.3) is 5.56 Å². The van der Waals surface area contributed by atoms with Crippen LogP contribution in [0.2, 0.25) is 0 Å². The van der Waals surface area contributed by atoms with Gasteiger partial charge in [0.2, 0.25) is 0 Å². The van der Waals surface area contributed by atoms with Gasteiger partial charge in [0.05, 0.1) is 0 Å². The molecule has 0 bridgehead atoms. The van der Waals surface area contributed by atoms with Gasteiger partial charge in [-0.1, -0.05) is 0 Å². The summed E-state index contributed by atoms with van der Waals surface area (Å²) < 4.78 is 0. The zero-order valence-corrected chi connectivity index (χ0v) is 8.47. The number of pyridine rings is 1. The first-order valence-electron chi connectivity index (χ1n) is 5.19. The molecule has 2 rings (SSSR count). The van der Waals surface area contributed by atoms with Crippen molar-refractivity contribution in [2.24, 2.45) is 5.73 Å². The number of aromatic nitrogens is 1. The summed E-state index contributed by atoms with van der Waals surface area (Å²) in [5, 5.41) is 0. The number of H-pyrrole nitrogens is 1. The zero-order chi connectivity index (χ0) is 10.1. The Morgan fingerprint density at radius 3 is 2.86 bits per heavy atom. The van der Waals surface area contributed by atoms with Crippen LogP contribution >= 0.6 is 0 Å². The highest BCUT2D eigenvalue weighted by molar-refractivity contribution is 5.28. The summed E-state index contributed by atoms with van der Waals surface area (Å²) in [6.07, 6.45) is 4.48. The van der Waals surface area contributed by atoms with E-state index in [1.165, 1.54) is 18.4 Å². The molecule has 1 aliphatic rings. The van der Waals surface area contributed by atoms with Crippen molar-refractivity contribution in [2.75, 3.05) is 0 Å². The smallest absolute Gasteiger partial charge is 0.252 e. The summed E-state index contributed by atoms with van der Waals surface area (Å²) in [6.45, 7) is 1.85. The van der Waals surface area contributed by atoms with Gasteiger partial charge in [-0.2, -0.15) is 0 Å². The molecule has 0 amide bonds. The molecule has 1 heterocycles. The standard InChI is InChI=1S/C11H16N2O/c1-7(12)9-6-8-4-2-3-5-10(8)13-11(9)14/h6-7H,2-5,12H2,1H3,(H,13,14). The van der Waals surface area contributed by atoms with Crippen molar-refractivity contribution in [1.82, 2.24) is 4.98 Å². The van der Waals surface area contributed by atoms with Crippen LogP contribution in [-0.4, -0.2) is 4.98 Å². The largest absolute Gasteiger partial charge is 0.326 e. The van der Waals surface area contributed by atoms with Crippen LogP contribution in [0.25, 0.3) is 0 Å². The Bertz CT molecular complexity index is 393. The highest BCUT2D eigenvalue weighted by Gasteiger charge is 2.13. The Labute approximate surface area is 83.3 Å². The lowest BCUT2D eigenvalue weighted by molar-refractivity contribution is 0.657. The van der Waals surface area contributed by atoms with Gasteiger partial charge in [0, 0.05) is 17.3 Å². The summed E-state index contributed by atoms with van der Waals surface area (Å²) >= 11 is 0. The average molecular weight is 192 g/mol. The molecule has 3 N–H and O–H groups in total. The normalized spacial score (nSPS) is 17.6. The van der Waals surface area contributed by atoms with Crippen LogP contribution in [0.4, 0.5) is 0 Å². The van der Waals surface area contributed by atoms with Crippen LogP contribution in [0.3, 0.4) is 0 Å². The Kier molecular flexibility index (Phi) is 2.42. The number of fused-ring (bicyclic) bond motifs is 1. The van der Waals surface area contributed by atoms with E-state index in [-0.39, 0.29) is 11.6 Å². The van der Waals surface area contributed by atoms with Crippen molar-refractivity contribution < 1.29 is 0 Å². The second kappa shape index (κ2) is 3.58. The minimum atomic E-state index is -0.175. The van der Waals surface area contributed by atoms with Crippen molar-refractivity contribution in [3.05, 3.63) is 33.2 Å². The van der Waals surface area contributed by atoms with Gasteiger partial charge in [-0.15, -0.1) is 0 Å². The van der Waals surface area contributed by atoms with Crippen molar-refractivity contribution in [3.8, 4) is 0 Å². The molecule has 1 aliphatic carbocycles. The van der Waals surface area contributed by atoms with Gasteiger partial charge >= 0.3 is 0 Å². The van der Waals surface area contributed by atoms with Crippen molar-refractivity contribution >= 4 is 0 Å². The predicted molar refractivity (Wildman–Crippen MR) is 56.3 cm³/mol. The highest BCUT2D eigenvalue weighted by Crippen LogP contribution is 2.19. The summed E-state index contributed by atoms with van der Waals surface area (Å²) in [7, 11) is 0. The first kappa shape index (κ1) is 9.46. The van der Waals surface area contributed by atoms with Crippen LogP contribution in [0, 0.1) is 0 Å². The minimum absolute atomic E-state index is 0.0133. The molecule has 14 heavy (non-hydrogen) atoms. The molecule has 0 aromatic carbocycles. The lowest BCUT2D eigenvalue weighted by Crippen LogP contribution is -2.23. The van der Waals surface area contributed by atoms with Gasteiger partial charge < -0.3 is 10.7 Å². The maximum absolute atomic E-state index is 11.6. The van der Waals surface area contributed by atoms with Crippen molar-refractivity contribution in [3.63, 3.8) is 0 Å². The second-order valence-corrected chi connectivity index (χ2v) is 4.05. The molecule has 1 atom stereocenters. The fourth-order valence-electron chi connectivity index (χ4n) is 2.03. The Balaban J connectivity index is 2.51. The number of rotatable bonds is 1. The minimum Gasteiger partial charge on any atom is -0.326 e. The van der Waals surface area contributed by atoms with Crippen LogP contribution in [0.15, 0.2) is 10.9 Å². The average Bonchev–Trinajstić information content (AvgIpc) is 2.16. The lowest BCUT2D eigenvalue weighted by atomic mass is 9.94. The van der Waals surface area contributed by atoms with E-state index >= 15 is 0 Å². The molecule has 76 valence electrons. The molecule has 0 radical (unpaired) electrons. The Hall–Kier alpha value is -1.09. The van der Waals surface area contributed by atoms with Gasteiger partial charge in [-0.05, 0) is 44.2 Å². The third kappa shape index (κ3) is 1.60. The molecule has 3 nitrogen and oxygen atoms in total. The molecule has 0 aliphatic heterocycles. The van der Waals surface area contributed by atoms with E-state index in [9.17, 15) is 4.79 Å². The van der Waals surface area contributed by atoms with Crippen LogP contribution in [-0.2, 0) is 12.8 Å². The third-order valence-corrected chi connectivity index (χ3v) is 2.86. The maximum Gasteiger partial charge on any atom is 0.252 e. The summed E-state index contributed by atoms with van der Waals surface area (Å²) in [5.74, 6) is 0. The molecular formula is C11H16N2O. The SMILES string of the molecule is CC(N)c1cc2c([nH]c1=O)CCCC2. The first-order chi connectivity index (χ1) is 6.68. The summed E-state index contributed by atoms with van der Waals surface area (Å²) in [6, 6.07) is 1.81. The number of nitrogens with one attached hydrogen (secondary N) is 1. The fourth-order valence-corrected chi connectivity index (χ4v) is 2.03. The van der Waals surface area contributed by atoms with E-state index in [2.05, 4.69) is 4.98 Å². The molecule has 3 heteroatoms. The molecule has 0 fully saturated rings. The van der Waals surface area contributed by atoms with Gasteiger partial charge in [-0.25, -0.2) is 0 Å². The fraction of sp³-hybridized carbons (Fsp3) is 0.545. The number of aryl methyl sites for hydroxylation is 2. The number of nitrogens with two attached hydrogens (primary N) is 1. The van der Waals surface area contributed by atoms with E-state index < -0.39 is 0 Å². The van der Waals surface area contributed by atoms with Crippen LogP contribution in [0.5, 0.6) is 0 Å². The maximum atomic E-state index is 11.6. The Morgan fingerprint density at radius 1 is 1.43 bits per heavy atom. The van der Waals surface area contributed by atoms with Crippen LogP contribution < -0.4 is 11.3 Å². The number of hydrogen-bond donors (Lipinski definition) is 2. The first-order valence-corrected chi connectivity index (χ1v) is 5.19. The topological polar surface area (TPSA) is 58.9 Å². The third-order valence-electron chi connectivity index (χ3n) is 2.86. The van der Waals surface area contributed by atoms with Gasteiger partial charge in [0.1, 0.15) is 0 Å². The molecule has 0 spiro atoms. The predicted octanol–water partition coefficient (Wildman–Crippen LogP) is 1.27. The molecular weight excluding hydrogens is 176 g/mol. The van der Waals surface area contributed by atoms with E-state index in [0.29, 0.717) is 5.56 Å². The monoisotopic (exact) mass is 192 g/mol. The lowest BCUT2D eigenvalue weighted by Gasteiger charge is -2.16. The highest BCUT2D eigenvalue weighted by atomic mass is 16.1. The number of hydrogen-bond acceptors (Lipinski definition) is 2. The van der Waals surface area contributed by atoms with Crippen molar-refractivity contribution in [2.45, 2.75) is 38.6 Å². The Morgan fingerprint density at radius 2 is 2.14 bits per heavy atom. The molecule has 1 unspecified atom stereocenters. The second-order valence-electron chi connectivity index (χ2n) is 4.05. The van der Waals surface area contributed by atoms with Crippen molar-refractivity contribution in [1.29, 1.82) is 0 Å². The zero-order valence-electron chi connectivity index (χ0n) is 8.47. The molecule has 0 saturated heterocycles. The van der Waals surface area contributed by atoms with Gasteiger partial charge in [0.15, 0.2) is 0 Å². The van der Waals surface area contributed by atoms with E-state index in [1.807, 2.05) is 13.0 Å². The van der Waals surface area contributed by atoms with E-state index in [1.54, 1.807) is 0 Å². The molecule has 1 aromatic heterocycles. The van der Waals surface area contributed by atoms with E-state index in [4.69, 9.17) is 5.73 Å². The summed E-state index contributed by atoms with van der Waals surface area (Å²) in [4.78, 5) is 14.5. The molecule has 1 aromatic rings. The van der Waals surface area contributed by atoms with E-state index in [0.717, 1.165) is 18.5 Å². The van der Waals surface area contributed by atoms with Crippen LogP contribution in [0.1, 0.15) is 42.6 Å². The quantitative estimate of drug-likeness (QED) is 0.704. The van der Waals surface area contributed by atoms with Gasteiger partial charge in [-0.3, -0.25) is 4.79 Å². The molecule has 0 saturated carbocycles.